The fourth-order valence-electron chi connectivity index (χ4n) is 2.32. The van der Waals surface area contributed by atoms with Crippen molar-refractivity contribution in [2.75, 3.05) is 13.7 Å². The molecule has 1 aromatic heterocycles. The molecule has 0 aliphatic carbocycles. The van der Waals surface area contributed by atoms with Crippen LogP contribution in [0.15, 0.2) is 53.0 Å². The van der Waals surface area contributed by atoms with Gasteiger partial charge in [-0.25, -0.2) is 4.79 Å². The van der Waals surface area contributed by atoms with Crippen LogP contribution in [0, 0.1) is 0 Å². The topological polar surface area (TPSA) is 68.4 Å². The van der Waals surface area contributed by atoms with Crippen LogP contribution in [0.2, 0.25) is 0 Å². The smallest absolute Gasteiger partial charge is 0.355 e. The van der Waals surface area contributed by atoms with Crippen LogP contribution >= 0.6 is 15.9 Å². The summed E-state index contributed by atoms with van der Waals surface area (Å²) >= 11 is 3.32. The lowest BCUT2D eigenvalue weighted by atomic mass is 10.1. The van der Waals surface area contributed by atoms with Crippen molar-refractivity contribution in [2.24, 2.45) is 0 Å². The van der Waals surface area contributed by atoms with Crippen LogP contribution in [0.3, 0.4) is 0 Å². The molecule has 0 radical (unpaired) electrons. The minimum atomic E-state index is -0.563. The van der Waals surface area contributed by atoms with Gasteiger partial charge in [-0.3, -0.25) is 4.79 Å². The summed E-state index contributed by atoms with van der Waals surface area (Å²) in [5.74, 6) is -0.225. The Hall–Kier alpha value is -2.60. The summed E-state index contributed by atoms with van der Waals surface area (Å²) < 4.78 is 10.9. The first-order valence-electron chi connectivity index (χ1n) is 7.20. The number of H-pyrrole nitrogens is 1. The van der Waals surface area contributed by atoms with Crippen LogP contribution in [0.25, 0.3) is 10.9 Å². The van der Waals surface area contributed by atoms with Crippen molar-refractivity contribution in [2.45, 2.75) is 0 Å². The van der Waals surface area contributed by atoms with Crippen LogP contribution in [0.1, 0.15) is 20.8 Å². The molecule has 0 atom stereocenters. The number of ether oxygens (including phenoxy) is 2. The van der Waals surface area contributed by atoms with Crippen molar-refractivity contribution in [3.8, 4) is 5.75 Å². The van der Waals surface area contributed by atoms with Gasteiger partial charge in [0.1, 0.15) is 11.4 Å². The second-order valence-corrected chi connectivity index (χ2v) is 5.97. The summed E-state index contributed by atoms with van der Waals surface area (Å²) in [6.45, 7) is -0.326. The van der Waals surface area contributed by atoms with Gasteiger partial charge in [0.2, 0.25) is 0 Å². The standard InChI is InChI=1S/C18H14BrNO4/c1-23-17-7-6-12(8-13(17)19)16(21)10-24-18(22)15-9-11-4-2-3-5-14(11)20-15/h2-9,20H,10H2,1H3. The van der Waals surface area contributed by atoms with E-state index in [-0.39, 0.29) is 12.4 Å². The second-order valence-electron chi connectivity index (χ2n) is 5.12. The van der Waals surface area contributed by atoms with Crippen molar-refractivity contribution in [1.82, 2.24) is 4.98 Å². The molecule has 0 saturated carbocycles. The summed E-state index contributed by atoms with van der Waals surface area (Å²) in [4.78, 5) is 27.2. The molecule has 1 heterocycles. The fraction of sp³-hybridized carbons (Fsp3) is 0.111. The number of esters is 1. The zero-order valence-electron chi connectivity index (χ0n) is 12.8. The molecule has 0 aliphatic rings. The Morgan fingerprint density at radius 1 is 1.12 bits per heavy atom. The Balaban J connectivity index is 1.67. The van der Waals surface area contributed by atoms with Gasteiger partial charge < -0.3 is 14.5 Å². The molecular weight excluding hydrogens is 374 g/mol. The normalized spacial score (nSPS) is 10.6. The quantitative estimate of drug-likeness (QED) is 0.530. The van der Waals surface area contributed by atoms with Gasteiger partial charge in [-0.05, 0) is 46.3 Å². The first-order chi connectivity index (χ1) is 11.6. The number of Topliss-reactive ketones (excluding diaryl/α,β-unsaturated/α-hetero) is 1. The Labute approximate surface area is 146 Å². The zero-order valence-corrected chi connectivity index (χ0v) is 14.4. The maximum Gasteiger partial charge on any atom is 0.355 e. The predicted octanol–water partition coefficient (Wildman–Crippen LogP) is 3.98. The van der Waals surface area contributed by atoms with E-state index in [1.807, 2.05) is 24.3 Å². The average molecular weight is 388 g/mol. The third-order valence-corrected chi connectivity index (χ3v) is 4.18. The number of ketones is 1. The van der Waals surface area contributed by atoms with E-state index in [0.29, 0.717) is 21.5 Å². The van der Waals surface area contributed by atoms with Gasteiger partial charge in [0.15, 0.2) is 12.4 Å². The molecule has 0 bridgehead atoms. The lowest BCUT2D eigenvalue weighted by molar-refractivity contribution is 0.0470. The molecule has 3 aromatic rings. The summed E-state index contributed by atoms with van der Waals surface area (Å²) in [6.07, 6.45) is 0. The van der Waals surface area contributed by atoms with Crippen LogP contribution < -0.4 is 4.74 Å². The number of hydrogen-bond acceptors (Lipinski definition) is 4. The number of halogens is 1. The van der Waals surface area contributed by atoms with Crippen molar-refractivity contribution in [3.63, 3.8) is 0 Å². The van der Waals surface area contributed by atoms with E-state index in [4.69, 9.17) is 9.47 Å². The molecule has 1 N–H and O–H groups in total. The number of aromatic nitrogens is 1. The molecule has 2 aromatic carbocycles. The summed E-state index contributed by atoms with van der Waals surface area (Å²) in [5.41, 5.74) is 1.60. The Morgan fingerprint density at radius 3 is 2.62 bits per heavy atom. The highest BCUT2D eigenvalue weighted by Gasteiger charge is 2.15. The molecule has 5 nitrogen and oxygen atoms in total. The number of fused-ring (bicyclic) bond motifs is 1. The molecule has 0 amide bonds. The third-order valence-electron chi connectivity index (χ3n) is 3.56. The van der Waals surface area contributed by atoms with Gasteiger partial charge >= 0.3 is 5.97 Å². The van der Waals surface area contributed by atoms with Crippen LogP contribution in [0.4, 0.5) is 0 Å². The number of benzene rings is 2. The number of methoxy groups -OCH3 is 1. The first-order valence-corrected chi connectivity index (χ1v) is 7.99. The summed E-state index contributed by atoms with van der Waals surface area (Å²) in [5, 5.41) is 0.912. The largest absolute Gasteiger partial charge is 0.496 e. The van der Waals surface area contributed by atoms with Crippen LogP contribution in [0.5, 0.6) is 5.75 Å². The maximum atomic E-state index is 12.2. The van der Waals surface area contributed by atoms with Gasteiger partial charge in [-0.1, -0.05) is 18.2 Å². The van der Waals surface area contributed by atoms with E-state index in [0.717, 1.165) is 10.9 Å². The molecule has 0 aliphatic heterocycles. The van der Waals surface area contributed by atoms with Crippen LogP contribution in [-0.2, 0) is 4.74 Å². The third kappa shape index (κ3) is 3.33. The first kappa shape index (κ1) is 16.3. The number of carbonyl (C=O) groups is 2. The number of nitrogens with one attached hydrogen (secondary N) is 1. The molecule has 3 rings (SSSR count). The molecular formula is C18H14BrNO4. The zero-order chi connectivity index (χ0) is 17.1. The van der Waals surface area contributed by atoms with E-state index >= 15 is 0 Å². The van der Waals surface area contributed by atoms with E-state index in [9.17, 15) is 9.59 Å². The van der Waals surface area contributed by atoms with Crippen molar-refractivity contribution < 1.29 is 19.1 Å². The SMILES string of the molecule is COc1ccc(C(=O)COC(=O)c2cc3ccccc3[nH]2)cc1Br. The Morgan fingerprint density at radius 2 is 1.92 bits per heavy atom. The van der Waals surface area contributed by atoms with Gasteiger partial charge in [0.05, 0.1) is 11.6 Å². The van der Waals surface area contributed by atoms with Gasteiger partial charge in [0, 0.05) is 16.5 Å². The number of para-hydroxylation sites is 1. The summed E-state index contributed by atoms with van der Waals surface area (Å²) in [6, 6.07) is 14.2. The van der Waals surface area contributed by atoms with E-state index < -0.39 is 5.97 Å². The number of rotatable bonds is 5. The minimum Gasteiger partial charge on any atom is -0.496 e. The van der Waals surface area contributed by atoms with E-state index in [2.05, 4.69) is 20.9 Å². The minimum absolute atomic E-state index is 0.289. The van der Waals surface area contributed by atoms with E-state index in [1.54, 1.807) is 31.4 Å². The van der Waals surface area contributed by atoms with Crippen LogP contribution in [-0.4, -0.2) is 30.5 Å². The Kier molecular flexibility index (Phi) is 4.66. The average Bonchev–Trinajstić information content (AvgIpc) is 3.03. The monoisotopic (exact) mass is 387 g/mol. The van der Waals surface area contributed by atoms with Crippen molar-refractivity contribution in [3.05, 3.63) is 64.3 Å². The molecule has 0 unspecified atom stereocenters. The maximum absolute atomic E-state index is 12.2. The van der Waals surface area contributed by atoms with Gasteiger partial charge in [0.25, 0.3) is 0 Å². The summed E-state index contributed by atoms with van der Waals surface area (Å²) in [7, 11) is 1.55. The number of aromatic amines is 1. The molecule has 0 spiro atoms. The van der Waals surface area contributed by atoms with Gasteiger partial charge in [-0.15, -0.1) is 0 Å². The Bertz CT molecular complexity index is 883. The number of carbonyl (C=O) groups excluding carboxylic acids is 2. The molecule has 0 fully saturated rings. The van der Waals surface area contributed by atoms with Crippen molar-refractivity contribution >= 4 is 38.6 Å². The highest BCUT2D eigenvalue weighted by molar-refractivity contribution is 9.10. The predicted molar refractivity (Wildman–Crippen MR) is 93.6 cm³/mol. The fourth-order valence-corrected chi connectivity index (χ4v) is 2.86. The molecule has 6 heteroatoms. The van der Waals surface area contributed by atoms with Gasteiger partial charge in [-0.2, -0.15) is 0 Å². The molecule has 24 heavy (non-hydrogen) atoms. The highest BCUT2D eigenvalue weighted by Crippen LogP contribution is 2.25. The second kappa shape index (κ2) is 6.88. The lowest BCUT2D eigenvalue weighted by Crippen LogP contribution is -2.14. The highest BCUT2D eigenvalue weighted by atomic mass is 79.9. The van der Waals surface area contributed by atoms with Crippen molar-refractivity contribution in [1.29, 1.82) is 0 Å². The molecule has 0 saturated heterocycles. The lowest BCUT2D eigenvalue weighted by Gasteiger charge is -2.06. The number of hydrogen-bond donors (Lipinski definition) is 1. The van der Waals surface area contributed by atoms with E-state index in [1.165, 1.54) is 0 Å². The molecule has 122 valence electrons.